The molecule has 0 aromatic heterocycles. The quantitative estimate of drug-likeness (QED) is 0.346. The normalized spacial score (nSPS) is 24.3. The van der Waals surface area contributed by atoms with Crippen LogP contribution in [0, 0.1) is 11.8 Å². The number of isocyanates is 1. The van der Waals surface area contributed by atoms with Gasteiger partial charge in [0.15, 0.2) is 0 Å². The first-order chi connectivity index (χ1) is 7.86. The molecule has 0 aliphatic heterocycles. The molecule has 0 amide bonds. The van der Waals surface area contributed by atoms with Crippen molar-refractivity contribution in [1.82, 2.24) is 0 Å². The van der Waals surface area contributed by atoms with Gasteiger partial charge in [-0.25, -0.2) is 9.79 Å². The number of carbonyl (C=O) groups excluding carboxylic acids is 1. The molecular formula is C14H25NO. The van der Waals surface area contributed by atoms with Crippen molar-refractivity contribution in [3.05, 3.63) is 0 Å². The maximum atomic E-state index is 9.88. The molecule has 0 radical (unpaired) electrons. The molecule has 2 atom stereocenters. The Bertz CT molecular complexity index is 221. The molecule has 1 aliphatic rings. The second kappa shape index (κ2) is 8.52. The first-order valence-electron chi connectivity index (χ1n) is 6.90. The molecule has 0 bridgehead atoms. The molecule has 2 nitrogen and oxygen atoms in total. The van der Waals surface area contributed by atoms with Crippen LogP contribution in [0.4, 0.5) is 0 Å². The van der Waals surface area contributed by atoms with E-state index in [1.54, 1.807) is 6.08 Å². The van der Waals surface area contributed by atoms with Crippen molar-refractivity contribution < 1.29 is 4.79 Å². The summed E-state index contributed by atoms with van der Waals surface area (Å²) in [5.41, 5.74) is 0. The largest absolute Gasteiger partial charge is 0.234 e. The Morgan fingerprint density at radius 2 is 1.81 bits per heavy atom. The van der Waals surface area contributed by atoms with E-state index in [9.17, 15) is 4.79 Å². The highest BCUT2D eigenvalue weighted by atomic mass is 16.1. The van der Waals surface area contributed by atoms with Gasteiger partial charge in [-0.1, -0.05) is 51.9 Å². The minimum atomic E-state index is 0.676. The second-order valence-corrected chi connectivity index (χ2v) is 5.16. The highest BCUT2D eigenvalue weighted by Crippen LogP contribution is 2.36. The van der Waals surface area contributed by atoms with Crippen LogP contribution in [0.5, 0.6) is 0 Å². The summed E-state index contributed by atoms with van der Waals surface area (Å²) in [6, 6.07) is 0. The third-order valence-corrected chi connectivity index (χ3v) is 3.81. The predicted molar refractivity (Wildman–Crippen MR) is 67.2 cm³/mol. The maximum absolute atomic E-state index is 9.88. The van der Waals surface area contributed by atoms with Crippen LogP contribution in [0.25, 0.3) is 0 Å². The van der Waals surface area contributed by atoms with E-state index >= 15 is 0 Å². The van der Waals surface area contributed by atoms with Crippen molar-refractivity contribution in [2.24, 2.45) is 16.8 Å². The van der Waals surface area contributed by atoms with Gasteiger partial charge < -0.3 is 0 Å². The van der Waals surface area contributed by atoms with Crippen molar-refractivity contribution in [2.75, 3.05) is 6.54 Å². The third kappa shape index (κ3) is 5.46. The number of hydrogen-bond donors (Lipinski definition) is 0. The zero-order chi connectivity index (χ0) is 11.6. The zero-order valence-electron chi connectivity index (χ0n) is 10.6. The van der Waals surface area contributed by atoms with E-state index in [0.717, 1.165) is 18.3 Å². The van der Waals surface area contributed by atoms with E-state index in [-0.39, 0.29) is 0 Å². The Balaban J connectivity index is 2.00. The van der Waals surface area contributed by atoms with Gasteiger partial charge in [0.05, 0.1) is 6.54 Å². The first kappa shape index (κ1) is 13.4. The number of hydrogen-bond acceptors (Lipinski definition) is 2. The molecule has 2 unspecified atom stereocenters. The number of rotatable bonds is 8. The summed E-state index contributed by atoms with van der Waals surface area (Å²) < 4.78 is 0. The summed E-state index contributed by atoms with van der Waals surface area (Å²) in [4.78, 5) is 13.5. The minimum absolute atomic E-state index is 0.676. The fraction of sp³-hybridized carbons (Fsp3) is 0.929. The van der Waals surface area contributed by atoms with Crippen LogP contribution in [0.3, 0.4) is 0 Å². The fourth-order valence-electron chi connectivity index (χ4n) is 2.87. The van der Waals surface area contributed by atoms with Crippen LogP contribution in [0.2, 0.25) is 0 Å². The molecular weight excluding hydrogens is 198 g/mol. The number of aliphatic imine (C=N–C) groups is 1. The Morgan fingerprint density at radius 1 is 1.12 bits per heavy atom. The Morgan fingerprint density at radius 3 is 2.44 bits per heavy atom. The molecule has 92 valence electrons. The smallest absolute Gasteiger partial charge is 0.211 e. The second-order valence-electron chi connectivity index (χ2n) is 5.16. The maximum Gasteiger partial charge on any atom is 0.234 e. The van der Waals surface area contributed by atoms with Gasteiger partial charge >= 0.3 is 0 Å². The van der Waals surface area contributed by atoms with E-state index in [4.69, 9.17) is 0 Å². The number of unbranched alkanes of at least 4 members (excludes halogenated alkanes) is 2. The standard InChI is InChI=1S/C14H25NO/c1-2-3-6-13-8-9-14(11-13)7-4-5-10-15-12-16/h13-14H,2-11H2,1H3. The van der Waals surface area contributed by atoms with Gasteiger partial charge in [-0.3, -0.25) is 0 Å². The minimum Gasteiger partial charge on any atom is -0.211 e. The lowest BCUT2D eigenvalue weighted by Gasteiger charge is -2.10. The molecule has 0 N–H and O–H groups in total. The lowest BCUT2D eigenvalue weighted by molar-refractivity contribution is 0.425. The van der Waals surface area contributed by atoms with Gasteiger partial charge in [0.2, 0.25) is 6.08 Å². The van der Waals surface area contributed by atoms with E-state index in [1.807, 2.05) is 0 Å². The lowest BCUT2D eigenvalue weighted by atomic mass is 9.96. The zero-order valence-corrected chi connectivity index (χ0v) is 10.6. The summed E-state index contributed by atoms with van der Waals surface area (Å²) in [5.74, 6) is 1.97. The van der Waals surface area contributed by atoms with E-state index < -0.39 is 0 Å². The summed E-state index contributed by atoms with van der Waals surface area (Å²) in [6.07, 6.45) is 13.8. The van der Waals surface area contributed by atoms with Crippen molar-refractivity contribution in [3.63, 3.8) is 0 Å². The van der Waals surface area contributed by atoms with Crippen LogP contribution in [0.1, 0.15) is 64.7 Å². The van der Waals surface area contributed by atoms with Gasteiger partial charge in [0, 0.05) is 0 Å². The average molecular weight is 223 g/mol. The monoisotopic (exact) mass is 223 g/mol. The van der Waals surface area contributed by atoms with Crippen LogP contribution in [-0.2, 0) is 4.79 Å². The average Bonchev–Trinajstić information content (AvgIpc) is 2.74. The van der Waals surface area contributed by atoms with Crippen LogP contribution < -0.4 is 0 Å². The Labute approximate surface area is 99.5 Å². The van der Waals surface area contributed by atoms with Crippen molar-refractivity contribution in [2.45, 2.75) is 64.7 Å². The lowest BCUT2D eigenvalue weighted by Crippen LogP contribution is -1.97. The van der Waals surface area contributed by atoms with E-state index in [2.05, 4.69) is 11.9 Å². The summed E-state index contributed by atoms with van der Waals surface area (Å²) in [7, 11) is 0. The molecule has 0 saturated heterocycles. The number of nitrogens with zero attached hydrogens (tertiary/aromatic N) is 1. The molecule has 1 fully saturated rings. The third-order valence-electron chi connectivity index (χ3n) is 3.81. The SMILES string of the molecule is CCCCC1CCC(CCCCN=C=O)C1. The Hall–Kier alpha value is -0.620. The van der Waals surface area contributed by atoms with Crippen molar-refractivity contribution in [1.29, 1.82) is 0 Å². The molecule has 1 rings (SSSR count). The van der Waals surface area contributed by atoms with Crippen LogP contribution >= 0.6 is 0 Å². The van der Waals surface area contributed by atoms with Gasteiger partial charge in [0.1, 0.15) is 0 Å². The fourth-order valence-corrected chi connectivity index (χ4v) is 2.87. The first-order valence-corrected chi connectivity index (χ1v) is 6.90. The van der Waals surface area contributed by atoms with Gasteiger partial charge in [-0.05, 0) is 24.7 Å². The van der Waals surface area contributed by atoms with Crippen molar-refractivity contribution in [3.8, 4) is 0 Å². The molecule has 0 aromatic carbocycles. The molecule has 0 spiro atoms. The highest BCUT2D eigenvalue weighted by Gasteiger charge is 2.23. The molecule has 1 saturated carbocycles. The van der Waals surface area contributed by atoms with Crippen molar-refractivity contribution >= 4 is 6.08 Å². The van der Waals surface area contributed by atoms with E-state index in [0.29, 0.717) is 6.54 Å². The topological polar surface area (TPSA) is 29.4 Å². The molecule has 0 aromatic rings. The molecule has 0 heterocycles. The summed E-state index contributed by atoms with van der Waals surface area (Å²) in [5, 5.41) is 0. The van der Waals surface area contributed by atoms with Gasteiger partial charge in [-0.15, -0.1) is 0 Å². The van der Waals surface area contributed by atoms with Gasteiger partial charge in [-0.2, -0.15) is 0 Å². The molecule has 1 aliphatic carbocycles. The van der Waals surface area contributed by atoms with Crippen LogP contribution in [-0.4, -0.2) is 12.6 Å². The molecule has 2 heteroatoms. The highest BCUT2D eigenvalue weighted by molar-refractivity contribution is 5.32. The van der Waals surface area contributed by atoms with Gasteiger partial charge in [0.25, 0.3) is 0 Å². The van der Waals surface area contributed by atoms with Crippen LogP contribution in [0.15, 0.2) is 4.99 Å². The summed E-state index contributed by atoms with van der Waals surface area (Å²) in [6.45, 7) is 2.95. The van der Waals surface area contributed by atoms with E-state index in [1.165, 1.54) is 51.4 Å². The predicted octanol–water partition coefficient (Wildman–Crippen LogP) is 4.10. The summed E-state index contributed by atoms with van der Waals surface area (Å²) >= 11 is 0. The Kier molecular flexibility index (Phi) is 7.16. The molecule has 16 heavy (non-hydrogen) atoms.